The summed E-state index contributed by atoms with van der Waals surface area (Å²) in [7, 11) is 0. The third kappa shape index (κ3) is 3.79. The molecule has 0 aliphatic rings. The molecule has 0 saturated heterocycles. The molecule has 0 amide bonds. The molecule has 104 valence electrons. The molecule has 5 heteroatoms. The van der Waals surface area contributed by atoms with Gasteiger partial charge < -0.3 is 10.4 Å². The highest BCUT2D eigenvalue weighted by Gasteiger charge is 2.06. The van der Waals surface area contributed by atoms with Gasteiger partial charge in [-0.1, -0.05) is 23.7 Å². The first kappa shape index (κ1) is 14.5. The smallest absolute Gasteiger partial charge is 0.337 e. The van der Waals surface area contributed by atoms with Crippen LogP contribution in [0.25, 0.3) is 0 Å². The SMILES string of the molecule is C[C@@H](NCc1ccc(C(=O)O)cn1)c1ccc(Cl)cc1. The van der Waals surface area contributed by atoms with Crippen LogP contribution in [-0.2, 0) is 6.54 Å². The van der Waals surface area contributed by atoms with Crippen LogP contribution >= 0.6 is 11.6 Å². The summed E-state index contributed by atoms with van der Waals surface area (Å²) in [5.41, 5.74) is 2.13. The Bertz CT molecular complexity index is 582. The lowest BCUT2D eigenvalue weighted by Crippen LogP contribution is -2.18. The third-order valence-corrected chi connectivity index (χ3v) is 3.28. The van der Waals surface area contributed by atoms with Crippen molar-refractivity contribution in [1.29, 1.82) is 0 Å². The Kier molecular flexibility index (Phi) is 4.71. The molecular weight excluding hydrogens is 276 g/mol. The van der Waals surface area contributed by atoms with E-state index in [9.17, 15) is 4.79 Å². The van der Waals surface area contributed by atoms with Gasteiger partial charge in [-0.05, 0) is 36.8 Å². The summed E-state index contributed by atoms with van der Waals surface area (Å²) < 4.78 is 0. The summed E-state index contributed by atoms with van der Waals surface area (Å²) in [6.45, 7) is 2.62. The van der Waals surface area contributed by atoms with Gasteiger partial charge in [0.25, 0.3) is 0 Å². The predicted molar refractivity (Wildman–Crippen MR) is 77.9 cm³/mol. The van der Waals surface area contributed by atoms with Gasteiger partial charge >= 0.3 is 5.97 Å². The van der Waals surface area contributed by atoms with E-state index < -0.39 is 5.97 Å². The number of nitrogens with one attached hydrogen (secondary N) is 1. The average molecular weight is 291 g/mol. The van der Waals surface area contributed by atoms with E-state index in [0.29, 0.717) is 11.6 Å². The fourth-order valence-corrected chi connectivity index (χ4v) is 1.91. The molecule has 0 radical (unpaired) electrons. The molecule has 0 bridgehead atoms. The first-order valence-electron chi connectivity index (χ1n) is 6.23. The van der Waals surface area contributed by atoms with Crippen LogP contribution in [0.3, 0.4) is 0 Å². The minimum atomic E-state index is -0.966. The fraction of sp³-hybridized carbons (Fsp3) is 0.200. The van der Waals surface area contributed by atoms with Crippen molar-refractivity contribution in [3.05, 3.63) is 64.4 Å². The second kappa shape index (κ2) is 6.50. The Hall–Kier alpha value is -1.91. The summed E-state index contributed by atoms with van der Waals surface area (Å²) in [6.07, 6.45) is 1.37. The maximum absolute atomic E-state index is 10.7. The van der Waals surface area contributed by atoms with Crippen molar-refractivity contribution < 1.29 is 9.90 Å². The molecule has 0 unspecified atom stereocenters. The van der Waals surface area contributed by atoms with E-state index in [1.54, 1.807) is 12.1 Å². The van der Waals surface area contributed by atoms with Crippen molar-refractivity contribution in [2.75, 3.05) is 0 Å². The van der Waals surface area contributed by atoms with Gasteiger partial charge in [0.05, 0.1) is 11.3 Å². The Labute approximate surface area is 122 Å². The van der Waals surface area contributed by atoms with Gasteiger partial charge in [-0.3, -0.25) is 4.98 Å². The second-order valence-electron chi connectivity index (χ2n) is 4.50. The van der Waals surface area contributed by atoms with Gasteiger partial charge in [0.1, 0.15) is 0 Å². The van der Waals surface area contributed by atoms with Crippen LogP contribution in [0, 0.1) is 0 Å². The van der Waals surface area contributed by atoms with Crippen molar-refractivity contribution in [3.63, 3.8) is 0 Å². The summed E-state index contributed by atoms with van der Waals surface area (Å²) >= 11 is 5.85. The maximum Gasteiger partial charge on any atom is 0.337 e. The monoisotopic (exact) mass is 290 g/mol. The van der Waals surface area contributed by atoms with Crippen molar-refractivity contribution in [2.45, 2.75) is 19.5 Å². The molecule has 1 aromatic carbocycles. The van der Waals surface area contributed by atoms with Crippen molar-refractivity contribution in [2.24, 2.45) is 0 Å². The lowest BCUT2D eigenvalue weighted by molar-refractivity contribution is 0.0696. The zero-order chi connectivity index (χ0) is 14.5. The molecule has 2 aromatic rings. The first-order valence-corrected chi connectivity index (χ1v) is 6.61. The highest BCUT2D eigenvalue weighted by atomic mass is 35.5. The predicted octanol–water partition coefficient (Wildman–Crippen LogP) is 3.28. The summed E-state index contributed by atoms with van der Waals surface area (Å²) in [5.74, 6) is -0.966. The molecule has 2 rings (SSSR count). The molecule has 4 nitrogen and oxygen atoms in total. The number of hydrogen-bond donors (Lipinski definition) is 2. The number of benzene rings is 1. The largest absolute Gasteiger partial charge is 0.478 e. The zero-order valence-corrected chi connectivity index (χ0v) is 11.8. The van der Waals surface area contributed by atoms with Gasteiger partial charge in [0.15, 0.2) is 0 Å². The fourth-order valence-electron chi connectivity index (χ4n) is 1.78. The topological polar surface area (TPSA) is 62.2 Å². The lowest BCUT2D eigenvalue weighted by Gasteiger charge is -2.14. The molecule has 0 saturated carbocycles. The number of aromatic carboxylic acids is 1. The van der Waals surface area contributed by atoms with Crippen LogP contribution < -0.4 is 5.32 Å². The number of rotatable bonds is 5. The number of carboxylic acid groups (broad SMARTS) is 1. The Balaban J connectivity index is 1.94. The molecule has 0 aliphatic heterocycles. The van der Waals surface area contributed by atoms with Gasteiger partial charge in [-0.2, -0.15) is 0 Å². The van der Waals surface area contributed by atoms with E-state index in [1.807, 2.05) is 24.3 Å². The van der Waals surface area contributed by atoms with E-state index >= 15 is 0 Å². The molecule has 0 aliphatic carbocycles. The van der Waals surface area contributed by atoms with Gasteiger partial charge in [-0.25, -0.2) is 4.79 Å². The molecule has 0 fully saturated rings. The van der Waals surface area contributed by atoms with Crippen molar-refractivity contribution >= 4 is 17.6 Å². The number of aromatic nitrogens is 1. The number of nitrogens with zero attached hydrogens (tertiary/aromatic N) is 1. The maximum atomic E-state index is 10.7. The number of carboxylic acids is 1. The van der Waals surface area contributed by atoms with Gasteiger partial charge in [-0.15, -0.1) is 0 Å². The van der Waals surface area contributed by atoms with Crippen LogP contribution in [0.1, 0.15) is 34.6 Å². The standard InChI is InChI=1S/C15H15ClN2O2/c1-10(11-2-5-13(16)6-3-11)17-9-14-7-4-12(8-18-14)15(19)20/h2-8,10,17H,9H2,1H3,(H,19,20)/t10-/m1/s1. The number of carbonyl (C=O) groups is 1. The molecule has 1 atom stereocenters. The minimum absolute atomic E-state index is 0.160. The van der Waals surface area contributed by atoms with E-state index in [4.69, 9.17) is 16.7 Å². The van der Waals surface area contributed by atoms with Crippen molar-refractivity contribution in [3.8, 4) is 0 Å². The summed E-state index contributed by atoms with van der Waals surface area (Å²) in [6, 6.07) is 11.1. The molecule has 20 heavy (non-hydrogen) atoms. The summed E-state index contributed by atoms with van der Waals surface area (Å²) in [4.78, 5) is 14.8. The molecule has 0 spiro atoms. The van der Waals surface area contributed by atoms with E-state index in [2.05, 4.69) is 17.2 Å². The van der Waals surface area contributed by atoms with E-state index in [-0.39, 0.29) is 11.6 Å². The Morgan fingerprint density at radius 3 is 2.55 bits per heavy atom. The number of hydrogen-bond acceptors (Lipinski definition) is 3. The summed E-state index contributed by atoms with van der Waals surface area (Å²) in [5, 5.41) is 12.8. The lowest BCUT2D eigenvalue weighted by atomic mass is 10.1. The Morgan fingerprint density at radius 1 is 1.30 bits per heavy atom. The van der Waals surface area contributed by atoms with Crippen molar-refractivity contribution in [1.82, 2.24) is 10.3 Å². The van der Waals surface area contributed by atoms with Crippen LogP contribution in [0.15, 0.2) is 42.6 Å². The molecule has 2 N–H and O–H groups in total. The minimum Gasteiger partial charge on any atom is -0.478 e. The van der Waals surface area contributed by atoms with Crippen LogP contribution in [0.4, 0.5) is 0 Å². The third-order valence-electron chi connectivity index (χ3n) is 3.03. The van der Waals surface area contributed by atoms with Gasteiger partial charge in [0.2, 0.25) is 0 Å². The van der Waals surface area contributed by atoms with E-state index in [0.717, 1.165) is 11.3 Å². The normalized spacial score (nSPS) is 12.1. The van der Waals surface area contributed by atoms with E-state index in [1.165, 1.54) is 6.20 Å². The number of pyridine rings is 1. The highest BCUT2D eigenvalue weighted by Crippen LogP contribution is 2.16. The first-order chi connectivity index (χ1) is 9.56. The average Bonchev–Trinajstić information content (AvgIpc) is 2.46. The molecule has 1 aromatic heterocycles. The van der Waals surface area contributed by atoms with Crippen LogP contribution in [0.5, 0.6) is 0 Å². The molecule has 1 heterocycles. The molecular formula is C15H15ClN2O2. The number of halogens is 1. The van der Waals surface area contributed by atoms with Crippen LogP contribution in [-0.4, -0.2) is 16.1 Å². The second-order valence-corrected chi connectivity index (χ2v) is 4.93. The Morgan fingerprint density at radius 2 is 2.00 bits per heavy atom. The van der Waals surface area contributed by atoms with Crippen LogP contribution in [0.2, 0.25) is 5.02 Å². The quantitative estimate of drug-likeness (QED) is 0.887. The zero-order valence-electron chi connectivity index (χ0n) is 11.0. The van der Waals surface area contributed by atoms with Gasteiger partial charge in [0, 0.05) is 23.8 Å². The highest BCUT2D eigenvalue weighted by molar-refractivity contribution is 6.30.